The van der Waals surface area contributed by atoms with E-state index in [9.17, 15) is 20.0 Å². The molecule has 3 rings (SSSR count). The molecule has 7 heteroatoms. The molecule has 0 aliphatic heterocycles. The summed E-state index contributed by atoms with van der Waals surface area (Å²) < 4.78 is 5.30. The molecule has 22 heavy (non-hydrogen) atoms. The molecule has 3 aromatic rings. The molecule has 0 spiro atoms. The lowest BCUT2D eigenvalue weighted by molar-refractivity contribution is -0.384. The van der Waals surface area contributed by atoms with Crippen molar-refractivity contribution in [3.05, 3.63) is 68.9 Å². The molecule has 0 saturated heterocycles. The van der Waals surface area contributed by atoms with E-state index in [1.807, 2.05) is 0 Å². The molecular formula is C15H8ClNO5. The Labute approximate surface area is 128 Å². The third-order valence-electron chi connectivity index (χ3n) is 3.17. The molecule has 0 saturated carbocycles. The maximum Gasteiger partial charge on any atom is 0.273 e. The van der Waals surface area contributed by atoms with Crippen molar-refractivity contribution in [3.63, 3.8) is 0 Å². The van der Waals surface area contributed by atoms with Crippen LogP contribution in [0.3, 0.4) is 0 Å². The number of aromatic hydroxyl groups is 1. The molecule has 0 aliphatic carbocycles. The summed E-state index contributed by atoms with van der Waals surface area (Å²) in [6.07, 6.45) is 0. The standard InChI is InChI=1S/C15H8ClNO5/c16-9-3-1-8(2-4-9)13(18)15-14(19)11-6-5-10(17(20)21)7-12(11)22-15/h1-7,19H. The Morgan fingerprint density at radius 1 is 1.18 bits per heavy atom. The molecule has 1 aromatic heterocycles. The highest BCUT2D eigenvalue weighted by Crippen LogP contribution is 2.35. The highest BCUT2D eigenvalue weighted by Gasteiger charge is 2.23. The smallest absolute Gasteiger partial charge is 0.273 e. The summed E-state index contributed by atoms with van der Waals surface area (Å²) in [5, 5.41) is 21.6. The summed E-state index contributed by atoms with van der Waals surface area (Å²) in [5.74, 6) is -1.14. The van der Waals surface area contributed by atoms with Gasteiger partial charge in [0.1, 0.15) is 5.58 Å². The van der Waals surface area contributed by atoms with E-state index in [2.05, 4.69) is 0 Å². The number of fused-ring (bicyclic) bond motifs is 1. The van der Waals surface area contributed by atoms with Gasteiger partial charge in [-0.1, -0.05) is 11.6 Å². The minimum atomic E-state index is -0.584. The number of hydrogen-bond donors (Lipinski definition) is 1. The fourth-order valence-electron chi connectivity index (χ4n) is 2.07. The van der Waals surface area contributed by atoms with E-state index in [-0.39, 0.29) is 33.7 Å². The number of hydrogen-bond acceptors (Lipinski definition) is 5. The Bertz CT molecular complexity index is 898. The van der Waals surface area contributed by atoms with E-state index >= 15 is 0 Å². The molecule has 110 valence electrons. The van der Waals surface area contributed by atoms with Gasteiger partial charge in [-0.15, -0.1) is 0 Å². The molecule has 0 atom stereocenters. The number of rotatable bonds is 3. The summed E-state index contributed by atoms with van der Waals surface area (Å²) in [6, 6.07) is 9.81. The average Bonchev–Trinajstić information content (AvgIpc) is 2.84. The van der Waals surface area contributed by atoms with Crippen molar-refractivity contribution in [1.82, 2.24) is 0 Å². The van der Waals surface area contributed by atoms with Gasteiger partial charge in [-0.2, -0.15) is 0 Å². The van der Waals surface area contributed by atoms with Crippen molar-refractivity contribution >= 4 is 34.0 Å². The predicted molar refractivity (Wildman–Crippen MR) is 79.4 cm³/mol. The van der Waals surface area contributed by atoms with Crippen LogP contribution in [0.2, 0.25) is 5.02 Å². The Balaban J connectivity index is 2.10. The second-order valence-electron chi connectivity index (χ2n) is 4.55. The number of benzene rings is 2. The average molecular weight is 318 g/mol. The van der Waals surface area contributed by atoms with Crippen molar-refractivity contribution in [2.24, 2.45) is 0 Å². The fraction of sp³-hybridized carbons (Fsp3) is 0. The quantitative estimate of drug-likeness (QED) is 0.448. The Morgan fingerprint density at radius 2 is 1.86 bits per heavy atom. The van der Waals surface area contributed by atoms with Gasteiger partial charge in [0.05, 0.1) is 16.4 Å². The van der Waals surface area contributed by atoms with E-state index in [1.54, 1.807) is 12.1 Å². The minimum Gasteiger partial charge on any atom is -0.504 e. The van der Waals surface area contributed by atoms with Crippen LogP contribution in [-0.2, 0) is 0 Å². The molecule has 0 amide bonds. The highest BCUT2D eigenvalue weighted by atomic mass is 35.5. The van der Waals surface area contributed by atoms with Gasteiger partial charge >= 0.3 is 0 Å². The molecule has 0 unspecified atom stereocenters. The van der Waals surface area contributed by atoms with Crippen LogP contribution in [0.5, 0.6) is 5.75 Å². The van der Waals surface area contributed by atoms with Crippen LogP contribution in [0.4, 0.5) is 5.69 Å². The summed E-state index contributed by atoms with van der Waals surface area (Å²) in [6.45, 7) is 0. The number of furan rings is 1. The predicted octanol–water partition coefficient (Wildman–Crippen LogP) is 3.93. The lowest BCUT2D eigenvalue weighted by Crippen LogP contribution is -1.99. The van der Waals surface area contributed by atoms with Crippen LogP contribution in [0.15, 0.2) is 46.9 Å². The van der Waals surface area contributed by atoms with Crippen molar-refractivity contribution in [3.8, 4) is 5.75 Å². The van der Waals surface area contributed by atoms with Gasteiger partial charge in [0.15, 0.2) is 5.75 Å². The highest BCUT2D eigenvalue weighted by molar-refractivity contribution is 6.30. The van der Waals surface area contributed by atoms with Crippen molar-refractivity contribution in [2.45, 2.75) is 0 Å². The second kappa shape index (κ2) is 5.16. The molecule has 0 aliphatic rings. The molecule has 2 aromatic carbocycles. The first-order valence-electron chi connectivity index (χ1n) is 6.17. The Kier molecular flexibility index (Phi) is 3.30. The van der Waals surface area contributed by atoms with Crippen molar-refractivity contribution < 1.29 is 19.2 Å². The third kappa shape index (κ3) is 2.29. The number of ketones is 1. The first-order chi connectivity index (χ1) is 10.5. The molecule has 1 N–H and O–H groups in total. The monoisotopic (exact) mass is 317 g/mol. The van der Waals surface area contributed by atoms with Gasteiger partial charge in [0.25, 0.3) is 5.69 Å². The van der Waals surface area contributed by atoms with Crippen molar-refractivity contribution in [1.29, 1.82) is 0 Å². The normalized spacial score (nSPS) is 10.8. The van der Waals surface area contributed by atoms with Crippen LogP contribution in [0.1, 0.15) is 16.1 Å². The van der Waals surface area contributed by atoms with E-state index in [0.717, 1.165) is 6.07 Å². The minimum absolute atomic E-state index is 0.0732. The lowest BCUT2D eigenvalue weighted by atomic mass is 10.1. The zero-order valence-corrected chi connectivity index (χ0v) is 11.7. The number of halogens is 1. The van der Waals surface area contributed by atoms with Crippen LogP contribution in [0.25, 0.3) is 11.0 Å². The van der Waals surface area contributed by atoms with Crippen LogP contribution in [0, 0.1) is 10.1 Å². The van der Waals surface area contributed by atoms with E-state index in [1.165, 1.54) is 24.3 Å². The lowest BCUT2D eigenvalue weighted by Gasteiger charge is -1.98. The molecule has 0 fully saturated rings. The Morgan fingerprint density at radius 3 is 2.50 bits per heavy atom. The fourth-order valence-corrected chi connectivity index (χ4v) is 2.20. The SMILES string of the molecule is O=C(c1ccc(Cl)cc1)c1oc2cc([N+](=O)[O-])ccc2c1O. The van der Waals surface area contributed by atoms with Crippen LogP contribution in [-0.4, -0.2) is 15.8 Å². The maximum absolute atomic E-state index is 12.3. The third-order valence-corrected chi connectivity index (χ3v) is 3.42. The number of carbonyl (C=O) groups excluding carboxylic acids is 1. The van der Waals surface area contributed by atoms with Crippen LogP contribution < -0.4 is 0 Å². The number of nitro benzene ring substituents is 1. The zero-order valence-electron chi connectivity index (χ0n) is 10.9. The van der Waals surface area contributed by atoms with Gasteiger partial charge in [-0.3, -0.25) is 14.9 Å². The van der Waals surface area contributed by atoms with Gasteiger partial charge < -0.3 is 9.52 Å². The first kappa shape index (κ1) is 14.1. The van der Waals surface area contributed by atoms with E-state index in [4.69, 9.17) is 16.0 Å². The van der Waals surface area contributed by atoms with E-state index in [0.29, 0.717) is 5.02 Å². The summed E-state index contributed by atoms with van der Waals surface area (Å²) in [5.41, 5.74) is 0.170. The first-order valence-corrected chi connectivity index (χ1v) is 6.55. The molecule has 1 heterocycles. The summed E-state index contributed by atoms with van der Waals surface area (Å²) in [7, 11) is 0. The molecule has 6 nitrogen and oxygen atoms in total. The van der Waals surface area contributed by atoms with Gasteiger partial charge in [-0.25, -0.2) is 0 Å². The molecular weight excluding hydrogens is 310 g/mol. The maximum atomic E-state index is 12.3. The van der Waals surface area contributed by atoms with Gasteiger partial charge in [0.2, 0.25) is 11.5 Å². The van der Waals surface area contributed by atoms with Gasteiger partial charge in [-0.05, 0) is 30.3 Å². The van der Waals surface area contributed by atoms with Crippen LogP contribution >= 0.6 is 11.6 Å². The number of nitro groups is 1. The topological polar surface area (TPSA) is 93.6 Å². The molecule has 0 bridgehead atoms. The summed E-state index contributed by atoms with van der Waals surface area (Å²) in [4.78, 5) is 22.5. The zero-order chi connectivity index (χ0) is 15.9. The summed E-state index contributed by atoms with van der Waals surface area (Å²) >= 11 is 5.76. The number of nitrogens with zero attached hydrogens (tertiary/aromatic N) is 1. The largest absolute Gasteiger partial charge is 0.504 e. The van der Waals surface area contributed by atoms with Crippen molar-refractivity contribution in [2.75, 3.05) is 0 Å². The number of carbonyl (C=O) groups is 1. The Hall–Kier alpha value is -2.86. The van der Waals surface area contributed by atoms with E-state index < -0.39 is 10.7 Å². The number of non-ortho nitro benzene ring substituents is 1. The molecule has 0 radical (unpaired) electrons. The second-order valence-corrected chi connectivity index (χ2v) is 4.99. The van der Waals surface area contributed by atoms with Gasteiger partial charge in [0, 0.05) is 16.7 Å².